The molecule has 0 spiro atoms. The molecule has 0 aromatic carbocycles. The quantitative estimate of drug-likeness (QED) is 0.479. The largest absolute Gasteiger partial charge is 0.201 e. The average Bonchev–Trinajstić information content (AvgIpc) is 1.86. The van der Waals surface area contributed by atoms with E-state index < -0.39 is 0 Å². The number of hydrogen-bond acceptors (Lipinski definition) is 2. The fourth-order valence-electron chi connectivity index (χ4n) is 0.279. The number of aryl methyl sites for hydroxylation is 1. The molecule has 6 heavy (non-hydrogen) atoms. The lowest BCUT2D eigenvalue weighted by molar-refractivity contribution is 1.57. The summed E-state index contributed by atoms with van der Waals surface area (Å²) in [6.45, 7) is 2.04. The van der Waals surface area contributed by atoms with E-state index in [9.17, 15) is 0 Å². The normalized spacial score (nSPS) is 8.83. The van der Waals surface area contributed by atoms with Gasteiger partial charge in [0.05, 0.1) is 0 Å². The zero-order chi connectivity index (χ0) is 4.41. The van der Waals surface area contributed by atoms with Gasteiger partial charge in [0.15, 0.2) is 0 Å². The molecule has 0 N–H and O–H groups in total. The first-order chi connectivity index (χ1) is 2.89. The van der Waals surface area contributed by atoms with Gasteiger partial charge in [-0.25, -0.2) is 4.37 Å². The maximum atomic E-state index is 3.86. The maximum Gasteiger partial charge on any atom is 0.0409 e. The lowest BCUT2D eigenvalue weighted by Crippen LogP contribution is -1.43. The van der Waals surface area contributed by atoms with Gasteiger partial charge in [0.2, 0.25) is 0 Å². The number of aromatic nitrogens is 1. The highest BCUT2D eigenvalue weighted by molar-refractivity contribution is 7.05. The van der Waals surface area contributed by atoms with E-state index in [1.807, 2.05) is 13.0 Å². The van der Waals surface area contributed by atoms with Gasteiger partial charge in [-0.2, -0.15) is 0 Å². The van der Waals surface area contributed by atoms with Crippen molar-refractivity contribution < 1.29 is 0 Å². The van der Waals surface area contributed by atoms with Gasteiger partial charge < -0.3 is 0 Å². The number of nitrogens with zero attached hydrogens (tertiary/aromatic N) is 1. The molecule has 0 aliphatic heterocycles. The summed E-state index contributed by atoms with van der Waals surface area (Å²) in [5.41, 5.74) is 0. The van der Waals surface area contributed by atoms with Crippen LogP contribution in [0.15, 0.2) is 12.3 Å². The van der Waals surface area contributed by atoms with Crippen molar-refractivity contribution in [3.63, 3.8) is 0 Å². The third-order valence-electron chi connectivity index (χ3n) is 0.567. The fourth-order valence-corrected chi connectivity index (χ4v) is 0.689. The van der Waals surface area contributed by atoms with Crippen molar-refractivity contribution in [3.05, 3.63) is 17.1 Å². The molecular weight excluding hydrogens is 94.1 g/mol. The van der Waals surface area contributed by atoms with Crippen molar-refractivity contribution in [3.8, 4) is 0 Å². The Morgan fingerprint density at radius 3 is 2.83 bits per heavy atom. The Labute approximate surface area is 40.8 Å². The van der Waals surface area contributed by atoms with Crippen LogP contribution in [-0.4, -0.2) is 4.37 Å². The standard InChI is InChI=1S/C4H5NS/c1-4-2-3-5-6-4/h2-3H,1H3. The second-order valence-corrected chi connectivity index (χ2v) is 2.16. The Balaban J connectivity index is 3.05. The lowest BCUT2D eigenvalue weighted by Gasteiger charge is -1.63. The summed E-state index contributed by atoms with van der Waals surface area (Å²) in [5, 5.41) is 0. The molecule has 0 radical (unpaired) electrons. The van der Waals surface area contributed by atoms with Crippen LogP contribution in [0.2, 0.25) is 0 Å². The summed E-state index contributed by atoms with van der Waals surface area (Å²) >= 11 is 1.53. The van der Waals surface area contributed by atoms with Crippen LogP contribution in [0.4, 0.5) is 0 Å². The molecule has 0 saturated carbocycles. The van der Waals surface area contributed by atoms with E-state index in [1.54, 1.807) is 6.20 Å². The number of rotatable bonds is 0. The molecule has 0 aliphatic carbocycles. The average molecular weight is 99.2 g/mol. The zero-order valence-electron chi connectivity index (χ0n) is 3.51. The van der Waals surface area contributed by atoms with Crippen molar-refractivity contribution in [2.24, 2.45) is 0 Å². The highest BCUT2D eigenvalue weighted by Crippen LogP contribution is 1.98. The third-order valence-corrected chi connectivity index (χ3v) is 1.22. The summed E-state index contributed by atoms with van der Waals surface area (Å²) < 4.78 is 3.86. The van der Waals surface area contributed by atoms with Gasteiger partial charge in [-0.1, -0.05) is 0 Å². The highest BCUT2D eigenvalue weighted by Gasteiger charge is 1.76. The Morgan fingerprint density at radius 2 is 2.67 bits per heavy atom. The molecule has 1 rings (SSSR count). The van der Waals surface area contributed by atoms with Crippen molar-refractivity contribution in [2.45, 2.75) is 6.92 Å². The van der Waals surface area contributed by atoms with Gasteiger partial charge in [-0.15, -0.1) is 0 Å². The minimum absolute atomic E-state index is 1.27. The number of hydrogen-bond donors (Lipinski definition) is 0. The molecule has 0 amide bonds. The maximum absolute atomic E-state index is 3.86. The first-order valence-electron chi connectivity index (χ1n) is 1.77. The van der Waals surface area contributed by atoms with E-state index in [-0.39, 0.29) is 0 Å². The molecule has 1 heterocycles. The van der Waals surface area contributed by atoms with Crippen molar-refractivity contribution >= 4 is 11.5 Å². The Bertz CT molecular complexity index is 111. The van der Waals surface area contributed by atoms with Crippen LogP contribution in [0.25, 0.3) is 0 Å². The van der Waals surface area contributed by atoms with Gasteiger partial charge in [-0.05, 0) is 24.5 Å². The van der Waals surface area contributed by atoms with E-state index in [1.165, 1.54) is 16.4 Å². The molecule has 32 valence electrons. The summed E-state index contributed by atoms with van der Waals surface area (Å²) in [5.74, 6) is 0. The Morgan fingerprint density at radius 1 is 1.83 bits per heavy atom. The van der Waals surface area contributed by atoms with Gasteiger partial charge in [0, 0.05) is 11.1 Å². The van der Waals surface area contributed by atoms with E-state index in [2.05, 4.69) is 4.37 Å². The van der Waals surface area contributed by atoms with E-state index in [0.717, 1.165) is 0 Å². The molecule has 0 bridgehead atoms. The monoisotopic (exact) mass is 99.0 g/mol. The summed E-state index contributed by atoms with van der Waals surface area (Å²) in [7, 11) is 0. The predicted octanol–water partition coefficient (Wildman–Crippen LogP) is 1.45. The van der Waals surface area contributed by atoms with Crippen LogP contribution >= 0.6 is 11.5 Å². The second-order valence-electron chi connectivity index (χ2n) is 1.12. The first-order valence-corrected chi connectivity index (χ1v) is 2.54. The SMILES string of the molecule is Cc1ccns1. The summed E-state index contributed by atoms with van der Waals surface area (Å²) in [6.07, 6.45) is 1.81. The minimum atomic E-state index is 1.27. The van der Waals surface area contributed by atoms with Crippen molar-refractivity contribution in [2.75, 3.05) is 0 Å². The molecule has 1 nitrogen and oxygen atoms in total. The summed E-state index contributed by atoms with van der Waals surface area (Å²) in [4.78, 5) is 1.27. The van der Waals surface area contributed by atoms with E-state index >= 15 is 0 Å². The molecule has 0 atom stereocenters. The Hall–Kier alpha value is -0.370. The van der Waals surface area contributed by atoms with Gasteiger partial charge in [0.1, 0.15) is 0 Å². The van der Waals surface area contributed by atoms with Crippen molar-refractivity contribution in [1.82, 2.24) is 4.37 Å². The molecular formula is C4H5NS. The molecule has 0 unspecified atom stereocenters. The van der Waals surface area contributed by atoms with Gasteiger partial charge in [-0.3, -0.25) is 0 Å². The van der Waals surface area contributed by atoms with Crippen molar-refractivity contribution in [1.29, 1.82) is 0 Å². The van der Waals surface area contributed by atoms with E-state index in [4.69, 9.17) is 0 Å². The zero-order valence-corrected chi connectivity index (χ0v) is 4.33. The van der Waals surface area contributed by atoms with Crippen LogP contribution in [-0.2, 0) is 0 Å². The minimum Gasteiger partial charge on any atom is -0.201 e. The Kier molecular flexibility index (Phi) is 0.881. The molecule has 0 fully saturated rings. The van der Waals surface area contributed by atoms with Gasteiger partial charge >= 0.3 is 0 Å². The smallest absolute Gasteiger partial charge is 0.0409 e. The lowest BCUT2D eigenvalue weighted by atomic mass is 10.6. The van der Waals surface area contributed by atoms with Crippen LogP contribution in [0.1, 0.15) is 4.88 Å². The molecule has 2 heteroatoms. The third kappa shape index (κ3) is 0.571. The van der Waals surface area contributed by atoms with Crippen LogP contribution in [0.5, 0.6) is 0 Å². The van der Waals surface area contributed by atoms with E-state index in [0.29, 0.717) is 0 Å². The predicted molar refractivity (Wildman–Crippen MR) is 26.9 cm³/mol. The van der Waals surface area contributed by atoms with Gasteiger partial charge in [0.25, 0.3) is 0 Å². The van der Waals surface area contributed by atoms with Crippen LogP contribution in [0.3, 0.4) is 0 Å². The molecule has 1 aromatic rings. The highest BCUT2D eigenvalue weighted by atomic mass is 32.1. The summed E-state index contributed by atoms with van der Waals surface area (Å²) in [6, 6.07) is 1.99. The molecule has 0 saturated heterocycles. The van der Waals surface area contributed by atoms with Crippen LogP contribution < -0.4 is 0 Å². The van der Waals surface area contributed by atoms with Crippen LogP contribution in [0, 0.1) is 6.92 Å². The fraction of sp³-hybridized carbons (Fsp3) is 0.250. The molecule has 0 aliphatic rings. The second kappa shape index (κ2) is 1.39. The topological polar surface area (TPSA) is 12.9 Å². The first kappa shape index (κ1) is 3.81. The molecule has 1 aromatic heterocycles.